The summed E-state index contributed by atoms with van der Waals surface area (Å²) >= 11 is 0. The van der Waals surface area contributed by atoms with Crippen LogP contribution in [0.15, 0.2) is 24.4 Å². The molecule has 0 bridgehead atoms. The van der Waals surface area contributed by atoms with Crippen LogP contribution in [0.25, 0.3) is 5.65 Å². The van der Waals surface area contributed by atoms with E-state index in [1.165, 1.54) is 0 Å². The predicted octanol–water partition coefficient (Wildman–Crippen LogP) is 0.870. The molecule has 0 spiro atoms. The van der Waals surface area contributed by atoms with E-state index in [-0.39, 0.29) is 29.2 Å². The van der Waals surface area contributed by atoms with E-state index in [1.807, 2.05) is 33.7 Å². The van der Waals surface area contributed by atoms with Gasteiger partial charge in [0, 0.05) is 25.2 Å². The fourth-order valence-electron chi connectivity index (χ4n) is 3.77. The topological polar surface area (TPSA) is 84.6 Å². The number of aromatic nitrogens is 3. The molecule has 128 valence electrons. The maximum absolute atomic E-state index is 12.7. The number of nitrogens with zero attached hydrogens (tertiary/aromatic N) is 4. The lowest BCUT2D eigenvalue weighted by atomic mass is 9.95. The van der Waals surface area contributed by atoms with Crippen molar-refractivity contribution in [2.45, 2.75) is 25.2 Å². The van der Waals surface area contributed by atoms with E-state index >= 15 is 0 Å². The van der Waals surface area contributed by atoms with E-state index < -0.39 is 9.84 Å². The molecule has 2 aliphatic rings. The summed E-state index contributed by atoms with van der Waals surface area (Å²) in [5.74, 6) is 0.759. The van der Waals surface area contributed by atoms with Gasteiger partial charge >= 0.3 is 0 Å². The Hall–Kier alpha value is -1.96. The Morgan fingerprint density at radius 3 is 2.88 bits per heavy atom. The van der Waals surface area contributed by atoms with Crippen molar-refractivity contribution in [3.05, 3.63) is 30.2 Å². The average Bonchev–Trinajstić information content (AvgIpc) is 3.17. The Balaban J connectivity index is 1.53. The second kappa shape index (κ2) is 5.84. The van der Waals surface area contributed by atoms with Crippen LogP contribution in [-0.4, -0.2) is 58.4 Å². The van der Waals surface area contributed by atoms with Crippen molar-refractivity contribution >= 4 is 21.4 Å². The number of piperidine rings is 1. The third kappa shape index (κ3) is 2.79. The van der Waals surface area contributed by atoms with Gasteiger partial charge in [-0.25, -0.2) is 8.42 Å². The molecule has 0 N–H and O–H groups in total. The number of likely N-dealkylation sites (tertiary alicyclic amines) is 1. The van der Waals surface area contributed by atoms with E-state index in [2.05, 4.69) is 10.2 Å². The van der Waals surface area contributed by atoms with E-state index in [4.69, 9.17) is 0 Å². The number of amides is 1. The number of carbonyl (C=O) groups is 1. The van der Waals surface area contributed by atoms with Gasteiger partial charge in [-0.05, 0) is 31.4 Å². The highest BCUT2D eigenvalue weighted by Crippen LogP contribution is 2.29. The Bertz CT molecular complexity index is 876. The maximum atomic E-state index is 12.7. The van der Waals surface area contributed by atoms with Crippen LogP contribution in [0.4, 0.5) is 0 Å². The monoisotopic (exact) mass is 348 g/mol. The number of sulfone groups is 1. The fourth-order valence-corrected chi connectivity index (χ4v) is 5.51. The minimum Gasteiger partial charge on any atom is -0.342 e. The molecular weight excluding hydrogens is 328 g/mol. The maximum Gasteiger partial charge on any atom is 0.226 e. The van der Waals surface area contributed by atoms with Crippen molar-refractivity contribution in [1.29, 1.82) is 0 Å². The van der Waals surface area contributed by atoms with Crippen molar-refractivity contribution in [2.75, 3.05) is 24.6 Å². The summed E-state index contributed by atoms with van der Waals surface area (Å²) in [5.41, 5.74) is 0.804. The number of hydrogen-bond acceptors (Lipinski definition) is 5. The average molecular weight is 348 g/mol. The third-order valence-electron chi connectivity index (χ3n) is 5.02. The van der Waals surface area contributed by atoms with Crippen LogP contribution in [0, 0.1) is 5.92 Å². The second-order valence-electron chi connectivity index (χ2n) is 6.71. The highest BCUT2D eigenvalue weighted by molar-refractivity contribution is 7.91. The smallest absolute Gasteiger partial charge is 0.226 e. The molecule has 0 radical (unpaired) electrons. The van der Waals surface area contributed by atoms with Gasteiger partial charge in [-0.1, -0.05) is 6.07 Å². The molecule has 0 saturated carbocycles. The number of carbonyl (C=O) groups excluding carboxylic acids is 1. The Labute approximate surface area is 140 Å². The molecule has 7 nitrogen and oxygen atoms in total. The standard InChI is InChI=1S/C16H20N4O3S/c21-16(13-6-9-24(22,23)11-13)19-7-3-4-12(10-19)15-18-17-14-5-1-2-8-20(14)15/h1-2,5,8,12-13H,3-4,6-7,9-11H2. The molecule has 24 heavy (non-hydrogen) atoms. The first-order valence-electron chi connectivity index (χ1n) is 8.32. The molecule has 2 atom stereocenters. The summed E-state index contributed by atoms with van der Waals surface area (Å²) in [6, 6.07) is 5.77. The van der Waals surface area contributed by atoms with Crippen molar-refractivity contribution in [1.82, 2.24) is 19.5 Å². The van der Waals surface area contributed by atoms with Gasteiger partial charge in [-0.2, -0.15) is 0 Å². The van der Waals surface area contributed by atoms with Gasteiger partial charge in [0.25, 0.3) is 0 Å². The van der Waals surface area contributed by atoms with Gasteiger partial charge < -0.3 is 4.90 Å². The first-order valence-corrected chi connectivity index (χ1v) is 10.1. The van der Waals surface area contributed by atoms with Crippen LogP contribution >= 0.6 is 0 Å². The van der Waals surface area contributed by atoms with Gasteiger partial charge in [-0.15, -0.1) is 10.2 Å². The summed E-state index contributed by atoms with van der Waals surface area (Å²) in [5, 5.41) is 8.50. The molecule has 2 aliphatic heterocycles. The van der Waals surface area contributed by atoms with E-state index in [0.717, 1.165) is 24.3 Å². The molecule has 2 aromatic heterocycles. The van der Waals surface area contributed by atoms with Crippen LogP contribution in [0.3, 0.4) is 0 Å². The molecule has 2 aromatic rings. The first-order chi connectivity index (χ1) is 11.5. The highest BCUT2D eigenvalue weighted by Gasteiger charge is 2.37. The van der Waals surface area contributed by atoms with Gasteiger partial charge in [0.1, 0.15) is 5.82 Å². The van der Waals surface area contributed by atoms with Crippen molar-refractivity contribution in [3.63, 3.8) is 0 Å². The zero-order valence-electron chi connectivity index (χ0n) is 13.3. The zero-order valence-corrected chi connectivity index (χ0v) is 14.2. The molecule has 1 amide bonds. The highest BCUT2D eigenvalue weighted by atomic mass is 32.2. The zero-order chi connectivity index (χ0) is 16.7. The molecule has 8 heteroatoms. The molecule has 4 rings (SSSR count). The first kappa shape index (κ1) is 15.6. The molecular formula is C16H20N4O3S. The molecule has 2 saturated heterocycles. The predicted molar refractivity (Wildman–Crippen MR) is 88.3 cm³/mol. The summed E-state index contributed by atoms with van der Waals surface area (Å²) < 4.78 is 25.2. The molecule has 2 unspecified atom stereocenters. The number of fused-ring (bicyclic) bond motifs is 1. The summed E-state index contributed by atoms with van der Waals surface area (Å²) in [7, 11) is -3.04. The van der Waals surface area contributed by atoms with Crippen LogP contribution < -0.4 is 0 Å². The normalized spacial score (nSPS) is 26.8. The van der Waals surface area contributed by atoms with Crippen LogP contribution in [0.5, 0.6) is 0 Å². The van der Waals surface area contributed by atoms with E-state index in [9.17, 15) is 13.2 Å². The largest absolute Gasteiger partial charge is 0.342 e. The van der Waals surface area contributed by atoms with Crippen molar-refractivity contribution in [2.24, 2.45) is 5.92 Å². The summed E-state index contributed by atoms with van der Waals surface area (Å²) in [6.45, 7) is 1.29. The third-order valence-corrected chi connectivity index (χ3v) is 6.79. The van der Waals surface area contributed by atoms with Crippen LogP contribution in [0.1, 0.15) is 31.0 Å². The van der Waals surface area contributed by atoms with Gasteiger partial charge in [-0.3, -0.25) is 9.20 Å². The van der Waals surface area contributed by atoms with Crippen molar-refractivity contribution in [3.8, 4) is 0 Å². The quantitative estimate of drug-likeness (QED) is 0.804. The Morgan fingerprint density at radius 2 is 2.08 bits per heavy atom. The second-order valence-corrected chi connectivity index (χ2v) is 8.94. The van der Waals surface area contributed by atoms with E-state index in [0.29, 0.717) is 19.5 Å². The Kier molecular flexibility index (Phi) is 3.79. The summed E-state index contributed by atoms with van der Waals surface area (Å²) in [6.07, 6.45) is 4.26. The van der Waals surface area contributed by atoms with Gasteiger partial charge in [0.05, 0.1) is 17.4 Å². The molecule has 2 fully saturated rings. The SMILES string of the molecule is O=C(C1CCS(=O)(=O)C1)N1CCCC(c2nnc3ccccn23)C1. The molecule has 4 heterocycles. The lowest BCUT2D eigenvalue weighted by molar-refractivity contribution is -0.136. The number of hydrogen-bond donors (Lipinski definition) is 0. The van der Waals surface area contributed by atoms with Crippen LogP contribution in [0.2, 0.25) is 0 Å². The van der Waals surface area contributed by atoms with Gasteiger partial charge in [0.15, 0.2) is 15.5 Å². The lowest BCUT2D eigenvalue weighted by Gasteiger charge is -2.33. The molecule has 0 aliphatic carbocycles. The van der Waals surface area contributed by atoms with Gasteiger partial charge in [0.2, 0.25) is 5.91 Å². The Morgan fingerprint density at radius 1 is 1.21 bits per heavy atom. The minimum atomic E-state index is -3.04. The fraction of sp³-hybridized carbons (Fsp3) is 0.562. The van der Waals surface area contributed by atoms with E-state index in [1.54, 1.807) is 0 Å². The number of rotatable bonds is 2. The van der Waals surface area contributed by atoms with Crippen LogP contribution in [-0.2, 0) is 14.6 Å². The minimum absolute atomic E-state index is 0.000856. The summed E-state index contributed by atoms with van der Waals surface area (Å²) in [4.78, 5) is 14.5. The van der Waals surface area contributed by atoms with Crippen molar-refractivity contribution < 1.29 is 13.2 Å². The lowest BCUT2D eigenvalue weighted by Crippen LogP contribution is -2.43. The molecule has 0 aromatic carbocycles. The number of pyridine rings is 1.